The van der Waals surface area contributed by atoms with Crippen molar-refractivity contribution in [3.63, 3.8) is 0 Å². The van der Waals surface area contributed by atoms with Crippen molar-refractivity contribution in [1.82, 2.24) is 5.32 Å². The predicted molar refractivity (Wildman–Crippen MR) is 58.1 cm³/mol. The number of carbonyl (C=O) groups is 3. The van der Waals surface area contributed by atoms with Crippen LogP contribution >= 0.6 is 0 Å². The highest BCUT2D eigenvalue weighted by atomic mass is 16.5. The standard InChI is InChI=1S/C11H17NO5/c1-6(11(16)17-2)12-9(13)7-3-4-8(5-7)10(14)15/h6-8H,3-5H2,1-2H3,(H,12,13)(H,14,15)/t6-,7?,8?/m0/s1. The molecule has 96 valence electrons. The molecule has 6 heteroatoms. The monoisotopic (exact) mass is 243 g/mol. The average molecular weight is 243 g/mol. The number of carboxylic acid groups (broad SMARTS) is 1. The third-order valence-electron chi connectivity index (χ3n) is 3.07. The van der Waals surface area contributed by atoms with Crippen LogP contribution in [0, 0.1) is 11.8 Å². The maximum absolute atomic E-state index is 11.7. The third kappa shape index (κ3) is 3.44. The second kappa shape index (κ2) is 5.65. The summed E-state index contributed by atoms with van der Waals surface area (Å²) in [6.45, 7) is 1.54. The van der Waals surface area contributed by atoms with Crippen LogP contribution in [0.5, 0.6) is 0 Å². The Morgan fingerprint density at radius 1 is 1.29 bits per heavy atom. The molecule has 1 fully saturated rings. The summed E-state index contributed by atoms with van der Waals surface area (Å²) in [5.74, 6) is -2.40. The lowest BCUT2D eigenvalue weighted by atomic mass is 10.0. The van der Waals surface area contributed by atoms with Gasteiger partial charge in [-0.25, -0.2) is 4.79 Å². The number of hydrogen-bond donors (Lipinski definition) is 2. The van der Waals surface area contributed by atoms with Gasteiger partial charge in [-0.15, -0.1) is 0 Å². The van der Waals surface area contributed by atoms with E-state index in [9.17, 15) is 14.4 Å². The van der Waals surface area contributed by atoms with Gasteiger partial charge < -0.3 is 15.2 Å². The number of hydrogen-bond acceptors (Lipinski definition) is 4. The van der Waals surface area contributed by atoms with E-state index in [1.54, 1.807) is 0 Å². The molecule has 0 heterocycles. The number of aliphatic carboxylic acids is 1. The van der Waals surface area contributed by atoms with Gasteiger partial charge in [0.05, 0.1) is 13.0 Å². The molecule has 0 aromatic carbocycles. The van der Waals surface area contributed by atoms with Gasteiger partial charge in [0.1, 0.15) is 6.04 Å². The first-order valence-electron chi connectivity index (χ1n) is 5.56. The van der Waals surface area contributed by atoms with Gasteiger partial charge in [-0.2, -0.15) is 0 Å². The van der Waals surface area contributed by atoms with Crippen LogP contribution in [0.25, 0.3) is 0 Å². The zero-order valence-corrected chi connectivity index (χ0v) is 9.93. The van der Waals surface area contributed by atoms with Gasteiger partial charge in [0, 0.05) is 5.92 Å². The second-order valence-corrected chi connectivity index (χ2v) is 4.30. The minimum atomic E-state index is -0.860. The number of amides is 1. The van der Waals surface area contributed by atoms with Crippen LogP contribution in [0.1, 0.15) is 26.2 Å². The van der Waals surface area contributed by atoms with E-state index in [2.05, 4.69) is 10.1 Å². The molecular weight excluding hydrogens is 226 g/mol. The molecule has 17 heavy (non-hydrogen) atoms. The van der Waals surface area contributed by atoms with Crippen LogP contribution < -0.4 is 5.32 Å². The van der Waals surface area contributed by atoms with E-state index < -0.39 is 23.9 Å². The van der Waals surface area contributed by atoms with Crippen molar-refractivity contribution in [2.75, 3.05) is 7.11 Å². The molecule has 0 aromatic heterocycles. The summed E-state index contributed by atoms with van der Waals surface area (Å²) in [5, 5.41) is 11.3. The zero-order chi connectivity index (χ0) is 13.0. The Kier molecular flexibility index (Phi) is 4.48. The van der Waals surface area contributed by atoms with Crippen LogP contribution in [0.4, 0.5) is 0 Å². The molecule has 1 amide bonds. The van der Waals surface area contributed by atoms with Gasteiger partial charge in [0.15, 0.2) is 0 Å². The molecule has 2 N–H and O–H groups in total. The molecule has 2 unspecified atom stereocenters. The molecule has 0 bridgehead atoms. The van der Waals surface area contributed by atoms with Crippen molar-refractivity contribution in [1.29, 1.82) is 0 Å². The van der Waals surface area contributed by atoms with Crippen molar-refractivity contribution >= 4 is 17.8 Å². The van der Waals surface area contributed by atoms with Crippen LogP contribution in [0.15, 0.2) is 0 Å². The van der Waals surface area contributed by atoms with Gasteiger partial charge in [-0.3, -0.25) is 9.59 Å². The predicted octanol–water partition coefficient (Wildman–Crippen LogP) is 0.165. The Morgan fingerprint density at radius 3 is 2.35 bits per heavy atom. The first-order valence-corrected chi connectivity index (χ1v) is 5.56. The topological polar surface area (TPSA) is 92.7 Å². The molecule has 1 saturated carbocycles. The second-order valence-electron chi connectivity index (χ2n) is 4.30. The van der Waals surface area contributed by atoms with E-state index in [0.29, 0.717) is 19.3 Å². The fraction of sp³-hybridized carbons (Fsp3) is 0.727. The highest BCUT2D eigenvalue weighted by molar-refractivity contribution is 5.86. The lowest BCUT2D eigenvalue weighted by molar-refractivity contribution is -0.145. The highest BCUT2D eigenvalue weighted by Crippen LogP contribution is 2.31. The van der Waals surface area contributed by atoms with E-state index >= 15 is 0 Å². The maximum Gasteiger partial charge on any atom is 0.328 e. The van der Waals surface area contributed by atoms with Crippen molar-refractivity contribution in [2.24, 2.45) is 11.8 Å². The van der Waals surface area contributed by atoms with E-state index in [1.165, 1.54) is 14.0 Å². The molecule has 3 atom stereocenters. The van der Waals surface area contributed by atoms with Crippen LogP contribution in [-0.4, -0.2) is 36.1 Å². The molecule has 1 aliphatic rings. The van der Waals surface area contributed by atoms with E-state index in [4.69, 9.17) is 5.11 Å². The largest absolute Gasteiger partial charge is 0.481 e. The summed E-state index contributed by atoms with van der Waals surface area (Å²) < 4.78 is 4.49. The highest BCUT2D eigenvalue weighted by Gasteiger charge is 2.34. The lowest BCUT2D eigenvalue weighted by Gasteiger charge is -2.15. The number of methoxy groups -OCH3 is 1. The quantitative estimate of drug-likeness (QED) is 0.686. The normalized spacial score (nSPS) is 25.1. The summed E-state index contributed by atoms with van der Waals surface area (Å²) in [6, 6.07) is -0.698. The fourth-order valence-electron chi connectivity index (χ4n) is 2.01. The van der Waals surface area contributed by atoms with Gasteiger partial charge in [-0.1, -0.05) is 0 Å². The van der Waals surface area contributed by atoms with Crippen molar-refractivity contribution in [3.05, 3.63) is 0 Å². The number of esters is 1. The van der Waals surface area contributed by atoms with E-state index in [0.717, 1.165) is 0 Å². The first-order chi connectivity index (χ1) is 7.95. The Balaban J connectivity index is 2.45. The smallest absolute Gasteiger partial charge is 0.328 e. The van der Waals surface area contributed by atoms with Gasteiger partial charge in [0.25, 0.3) is 0 Å². The number of rotatable bonds is 4. The Labute approximate surface area is 99.3 Å². The van der Waals surface area contributed by atoms with E-state index in [-0.39, 0.29) is 11.8 Å². The first kappa shape index (κ1) is 13.5. The minimum Gasteiger partial charge on any atom is -0.481 e. The van der Waals surface area contributed by atoms with Crippen LogP contribution in [0.2, 0.25) is 0 Å². The van der Waals surface area contributed by atoms with Crippen LogP contribution in [0.3, 0.4) is 0 Å². The van der Waals surface area contributed by atoms with Crippen molar-refractivity contribution in [3.8, 4) is 0 Å². The Bertz CT molecular complexity index is 328. The molecule has 0 radical (unpaired) electrons. The SMILES string of the molecule is COC(=O)[C@H](C)NC(=O)C1CCC(C(=O)O)C1. The molecule has 1 aliphatic carbocycles. The summed E-state index contributed by atoms with van der Waals surface area (Å²) in [5.41, 5.74) is 0. The summed E-state index contributed by atoms with van der Waals surface area (Å²) in [7, 11) is 1.25. The molecule has 6 nitrogen and oxygen atoms in total. The average Bonchev–Trinajstić information content (AvgIpc) is 2.77. The number of carbonyl (C=O) groups excluding carboxylic acids is 2. The summed E-state index contributed by atoms with van der Waals surface area (Å²) in [4.78, 5) is 33.6. The maximum atomic E-state index is 11.7. The molecule has 0 spiro atoms. The van der Waals surface area contributed by atoms with Crippen molar-refractivity contribution in [2.45, 2.75) is 32.2 Å². The fourth-order valence-corrected chi connectivity index (χ4v) is 2.01. The number of ether oxygens (including phenoxy) is 1. The lowest BCUT2D eigenvalue weighted by Crippen LogP contribution is -2.41. The molecule has 0 aliphatic heterocycles. The minimum absolute atomic E-state index is 0.272. The van der Waals surface area contributed by atoms with Gasteiger partial charge in [-0.05, 0) is 26.2 Å². The number of carboxylic acids is 1. The Morgan fingerprint density at radius 2 is 1.88 bits per heavy atom. The summed E-state index contributed by atoms with van der Waals surface area (Å²) in [6.07, 6.45) is 1.41. The number of nitrogens with one attached hydrogen (secondary N) is 1. The van der Waals surface area contributed by atoms with Crippen molar-refractivity contribution < 1.29 is 24.2 Å². The van der Waals surface area contributed by atoms with Crippen LogP contribution in [-0.2, 0) is 19.1 Å². The summed E-state index contributed by atoms with van der Waals surface area (Å²) >= 11 is 0. The van der Waals surface area contributed by atoms with E-state index in [1.807, 2.05) is 0 Å². The molecule has 1 rings (SSSR count). The zero-order valence-electron chi connectivity index (χ0n) is 9.93. The van der Waals surface area contributed by atoms with Gasteiger partial charge in [0.2, 0.25) is 5.91 Å². The third-order valence-corrected chi connectivity index (χ3v) is 3.07. The molecule has 0 saturated heterocycles. The molecule has 0 aromatic rings. The van der Waals surface area contributed by atoms with Gasteiger partial charge >= 0.3 is 11.9 Å². The molecular formula is C11H17NO5. The Hall–Kier alpha value is -1.59.